The van der Waals surface area contributed by atoms with Crippen molar-refractivity contribution in [2.75, 3.05) is 0 Å². The summed E-state index contributed by atoms with van der Waals surface area (Å²) >= 11 is 6.08. The van der Waals surface area contributed by atoms with Gasteiger partial charge in [0.25, 0.3) is 0 Å². The van der Waals surface area contributed by atoms with Crippen molar-refractivity contribution < 1.29 is 5.11 Å². The summed E-state index contributed by atoms with van der Waals surface area (Å²) in [5, 5.41) is 13.5. The van der Waals surface area contributed by atoms with Crippen LogP contribution in [-0.2, 0) is 18.7 Å². The summed E-state index contributed by atoms with van der Waals surface area (Å²) in [7, 11) is 0. The van der Waals surface area contributed by atoms with Crippen LogP contribution < -0.4 is 5.32 Å². The van der Waals surface area contributed by atoms with Crippen LogP contribution in [0.4, 0.5) is 0 Å². The standard InChI is InChI=1S/C17H18ClNO/c18-16-3-1-2-15(10-16)17(8-9-17)19-11-13-4-6-14(12-20)7-5-13/h1-7,10,19-20H,8-9,11-12H2. The highest BCUT2D eigenvalue weighted by Crippen LogP contribution is 2.46. The van der Waals surface area contributed by atoms with Crippen LogP contribution in [0.25, 0.3) is 0 Å². The molecular weight excluding hydrogens is 270 g/mol. The summed E-state index contributed by atoms with van der Waals surface area (Å²) in [4.78, 5) is 0. The van der Waals surface area contributed by atoms with Gasteiger partial charge in [0.05, 0.1) is 6.61 Å². The second-order valence-electron chi connectivity index (χ2n) is 5.42. The molecule has 0 heterocycles. The van der Waals surface area contributed by atoms with E-state index in [1.807, 2.05) is 24.3 Å². The molecule has 2 N–H and O–H groups in total. The highest BCUT2D eigenvalue weighted by Gasteiger charge is 2.43. The average molecular weight is 288 g/mol. The van der Waals surface area contributed by atoms with Crippen molar-refractivity contribution in [1.29, 1.82) is 0 Å². The van der Waals surface area contributed by atoms with Gasteiger partial charge in [-0.2, -0.15) is 0 Å². The molecular formula is C17H18ClNO. The van der Waals surface area contributed by atoms with Gasteiger partial charge in [0.1, 0.15) is 0 Å². The van der Waals surface area contributed by atoms with Crippen LogP contribution in [0.2, 0.25) is 5.02 Å². The van der Waals surface area contributed by atoms with Gasteiger partial charge in [-0.1, -0.05) is 48.0 Å². The van der Waals surface area contributed by atoms with E-state index in [0.29, 0.717) is 0 Å². The molecule has 1 saturated carbocycles. The lowest BCUT2D eigenvalue weighted by molar-refractivity contribution is 0.282. The summed E-state index contributed by atoms with van der Waals surface area (Å²) in [6.07, 6.45) is 2.31. The molecule has 2 aromatic carbocycles. The van der Waals surface area contributed by atoms with Gasteiger partial charge < -0.3 is 10.4 Å². The summed E-state index contributed by atoms with van der Waals surface area (Å²) in [6, 6.07) is 16.2. The highest BCUT2D eigenvalue weighted by atomic mass is 35.5. The molecule has 104 valence electrons. The Hall–Kier alpha value is -1.35. The molecule has 0 amide bonds. The molecule has 1 aliphatic carbocycles. The second kappa shape index (κ2) is 5.57. The molecule has 0 radical (unpaired) electrons. The molecule has 0 spiro atoms. The zero-order chi connectivity index (χ0) is 14.0. The van der Waals surface area contributed by atoms with Crippen molar-refractivity contribution in [1.82, 2.24) is 5.32 Å². The van der Waals surface area contributed by atoms with Crippen molar-refractivity contribution >= 4 is 11.6 Å². The Kier molecular flexibility index (Phi) is 3.79. The van der Waals surface area contributed by atoms with Crippen LogP contribution >= 0.6 is 11.6 Å². The number of aliphatic hydroxyl groups excluding tert-OH is 1. The van der Waals surface area contributed by atoms with Gasteiger partial charge >= 0.3 is 0 Å². The predicted octanol–water partition coefficient (Wildman–Crippen LogP) is 3.61. The predicted molar refractivity (Wildman–Crippen MR) is 81.6 cm³/mol. The SMILES string of the molecule is OCc1ccc(CNC2(c3cccc(Cl)c3)CC2)cc1. The van der Waals surface area contributed by atoms with Gasteiger partial charge in [-0.05, 0) is 41.7 Å². The Labute approximate surface area is 124 Å². The Morgan fingerprint density at radius 1 is 1.05 bits per heavy atom. The molecule has 0 aromatic heterocycles. The normalized spacial score (nSPS) is 16.1. The van der Waals surface area contributed by atoms with Crippen molar-refractivity contribution in [3.8, 4) is 0 Å². The van der Waals surface area contributed by atoms with Crippen molar-refractivity contribution in [2.45, 2.75) is 31.5 Å². The summed E-state index contributed by atoms with van der Waals surface area (Å²) in [5.74, 6) is 0. The Morgan fingerprint density at radius 2 is 1.75 bits per heavy atom. The minimum absolute atomic E-state index is 0.0974. The van der Waals surface area contributed by atoms with Crippen LogP contribution in [0.3, 0.4) is 0 Å². The monoisotopic (exact) mass is 287 g/mol. The molecule has 0 unspecified atom stereocenters. The largest absolute Gasteiger partial charge is 0.392 e. The van der Waals surface area contributed by atoms with E-state index in [1.165, 1.54) is 11.1 Å². The Morgan fingerprint density at radius 3 is 2.35 bits per heavy atom. The third-order valence-corrected chi connectivity index (χ3v) is 4.20. The van der Waals surface area contributed by atoms with Crippen molar-refractivity contribution in [3.05, 3.63) is 70.2 Å². The highest BCUT2D eigenvalue weighted by molar-refractivity contribution is 6.30. The number of nitrogens with one attached hydrogen (secondary N) is 1. The van der Waals surface area contributed by atoms with E-state index in [4.69, 9.17) is 16.7 Å². The maximum Gasteiger partial charge on any atom is 0.0681 e. The van der Waals surface area contributed by atoms with Crippen LogP contribution in [0.15, 0.2) is 48.5 Å². The van der Waals surface area contributed by atoms with E-state index in [1.54, 1.807) is 0 Å². The molecule has 0 aliphatic heterocycles. The fourth-order valence-electron chi connectivity index (χ4n) is 2.51. The van der Waals surface area contributed by atoms with Crippen molar-refractivity contribution in [2.24, 2.45) is 0 Å². The lowest BCUT2D eigenvalue weighted by Gasteiger charge is -2.18. The Bertz CT molecular complexity index is 590. The lowest BCUT2D eigenvalue weighted by Crippen LogP contribution is -2.28. The van der Waals surface area contributed by atoms with Gasteiger partial charge in [-0.25, -0.2) is 0 Å². The van der Waals surface area contributed by atoms with Gasteiger partial charge in [0, 0.05) is 17.1 Å². The quantitative estimate of drug-likeness (QED) is 0.880. The second-order valence-corrected chi connectivity index (χ2v) is 5.86. The van der Waals surface area contributed by atoms with Crippen LogP contribution in [0.1, 0.15) is 29.5 Å². The van der Waals surface area contributed by atoms with Gasteiger partial charge in [0.15, 0.2) is 0 Å². The van der Waals surface area contributed by atoms with Gasteiger partial charge in [0.2, 0.25) is 0 Å². The number of aliphatic hydroxyl groups is 1. The summed E-state index contributed by atoms with van der Waals surface area (Å²) < 4.78 is 0. The van der Waals surface area contributed by atoms with E-state index in [2.05, 4.69) is 29.6 Å². The zero-order valence-electron chi connectivity index (χ0n) is 11.3. The molecule has 2 aromatic rings. The molecule has 0 bridgehead atoms. The summed E-state index contributed by atoms with van der Waals surface area (Å²) in [6.45, 7) is 0.929. The number of rotatable bonds is 5. The molecule has 0 atom stereocenters. The Balaban J connectivity index is 1.68. The number of halogens is 1. The zero-order valence-corrected chi connectivity index (χ0v) is 12.0. The molecule has 3 heteroatoms. The van der Waals surface area contributed by atoms with Crippen LogP contribution in [0.5, 0.6) is 0 Å². The van der Waals surface area contributed by atoms with E-state index in [-0.39, 0.29) is 12.1 Å². The lowest BCUT2D eigenvalue weighted by atomic mass is 10.0. The maximum absolute atomic E-state index is 9.04. The average Bonchev–Trinajstić information content (AvgIpc) is 3.27. The van der Waals surface area contributed by atoms with E-state index in [0.717, 1.165) is 30.0 Å². The number of hydrogen-bond acceptors (Lipinski definition) is 2. The number of hydrogen-bond donors (Lipinski definition) is 2. The third kappa shape index (κ3) is 2.88. The first-order chi connectivity index (χ1) is 9.72. The molecule has 20 heavy (non-hydrogen) atoms. The van der Waals surface area contributed by atoms with Crippen molar-refractivity contribution in [3.63, 3.8) is 0 Å². The first-order valence-electron chi connectivity index (χ1n) is 6.92. The molecule has 0 saturated heterocycles. The smallest absolute Gasteiger partial charge is 0.0681 e. The fourth-order valence-corrected chi connectivity index (χ4v) is 2.70. The van der Waals surface area contributed by atoms with Crippen LogP contribution in [-0.4, -0.2) is 5.11 Å². The van der Waals surface area contributed by atoms with E-state index in [9.17, 15) is 0 Å². The topological polar surface area (TPSA) is 32.3 Å². The maximum atomic E-state index is 9.04. The molecule has 3 rings (SSSR count). The fraction of sp³-hybridized carbons (Fsp3) is 0.294. The third-order valence-electron chi connectivity index (χ3n) is 3.96. The first-order valence-corrected chi connectivity index (χ1v) is 7.29. The van der Waals surface area contributed by atoms with Gasteiger partial charge in [-0.15, -0.1) is 0 Å². The number of benzene rings is 2. The molecule has 1 fully saturated rings. The minimum atomic E-state index is 0.0974. The minimum Gasteiger partial charge on any atom is -0.392 e. The van der Waals surface area contributed by atoms with E-state index < -0.39 is 0 Å². The summed E-state index contributed by atoms with van der Waals surface area (Å²) in [5.41, 5.74) is 3.55. The molecule has 2 nitrogen and oxygen atoms in total. The molecule has 1 aliphatic rings. The first kappa shape index (κ1) is 13.6. The van der Waals surface area contributed by atoms with E-state index >= 15 is 0 Å². The van der Waals surface area contributed by atoms with Crippen LogP contribution in [0, 0.1) is 0 Å². The van der Waals surface area contributed by atoms with Gasteiger partial charge in [-0.3, -0.25) is 0 Å².